The Morgan fingerprint density at radius 1 is 1.00 bits per heavy atom. The first-order chi connectivity index (χ1) is 10.3. The number of hydrogen-bond donors (Lipinski definition) is 2. The summed E-state index contributed by atoms with van der Waals surface area (Å²) in [6.45, 7) is 4.25. The summed E-state index contributed by atoms with van der Waals surface area (Å²) in [6, 6.07) is 0. The standard InChI is InChI=1S/C19H30O3/c1-18(22)7-5-12-11(10-18)3-4-14-13(12)6-8-19(2)15(14)9-16(19)17(20)21/h11-16,22H,3-10H2,1-2H3,(H,20,21)/t11-,12+,13-,14-,15+,16?,18-,19+/m1/s1. The summed E-state index contributed by atoms with van der Waals surface area (Å²) in [5, 5.41) is 19.8. The van der Waals surface area contributed by atoms with Gasteiger partial charge >= 0.3 is 5.97 Å². The highest BCUT2D eigenvalue weighted by Crippen LogP contribution is 2.67. The zero-order valence-corrected chi connectivity index (χ0v) is 13.9. The zero-order chi connectivity index (χ0) is 15.7. The van der Waals surface area contributed by atoms with Crippen LogP contribution in [0.15, 0.2) is 0 Å². The van der Waals surface area contributed by atoms with E-state index in [1.807, 2.05) is 6.92 Å². The summed E-state index contributed by atoms with van der Waals surface area (Å²) in [4.78, 5) is 11.5. The van der Waals surface area contributed by atoms with E-state index < -0.39 is 11.6 Å². The van der Waals surface area contributed by atoms with Crippen molar-refractivity contribution in [2.75, 3.05) is 0 Å². The molecule has 0 amide bonds. The summed E-state index contributed by atoms with van der Waals surface area (Å²) in [7, 11) is 0. The monoisotopic (exact) mass is 306 g/mol. The molecule has 22 heavy (non-hydrogen) atoms. The molecule has 4 aliphatic rings. The van der Waals surface area contributed by atoms with E-state index in [1.54, 1.807) is 0 Å². The Kier molecular flexibility index (Phi) is 3.21. The van der Waals surface area contributed by atoms with Crippen LogP contribution in [0, 0.1) is 40.9 Å². The molecule has 3 heteroatoms. The van der Waals surface area contributed by atoms with Crippen LogP contribution in [0.4, 0.5) is 0 Å². The SMILES string of the molecule is C[C@@]1(O)CC[C@H]2[C@H](CC[C@@H]3[C@@H]2CC[C@]2(C)C(C(=O)O)C[C@@H]32)C1. The smallest absolute Gasteiger partial charge is 0.307 e. The van der Waals surface area contributed by atoms with Crippen LogP contribution in [0.5, 0.6) is 0 Å². The lowest BCUT2D eigenvalue weighted by atomic mass is 9.40. The second kappa shape index (κ2) is 4.72. The molecule has 4 aliphatic carbocycles. The van der Waals surface area contributed by atoms with Crippen molar-refractivity contribution >= 4 is 5.97 Å². The lowest BCUT2D eigenvalue weighted by Crippen LogP contribution is -2.60. The molecule has 4 saturated carbocycles. The van der Waals surface area contributed by atoms with Crippen molar-refractivity contribution in [2.45, 2.75) is 70.8 Å². The van der Waals surface area contributed by atoms with Gasteiger partial charge in [0.1, 0.15) is 0 Å². The van der Waals surface area contributed by atoms with Crippen molar-refractivity contribution in [3.05, 3.63) is 0 Å². The van der Waals surface area contributed by atoms with Crippen LogP contribution in [0.1, 0.15) is 65.2 Å². The van der Waals surface area contributed by atoms with Gasteiger partial charge in [-0.15, -0.1) is 0 Å². The highest BCUT2D eigenvalue weighted by atomic mass is 16.4. The lowest BCUT2D eigenvalue weighted by Gasteiger charge is -2.64. The van der Waals surface area contributed by atoms with Gasteiger partial charge in [0.2, 0.25) is 0 Å². The molecule has 0 aromatic carbocycles. The number of rotatable bonds is 1. The molecule has 1 unspecified atom stereocenters. The Morgan fingerprint density at radius 3 is 2.45 bits per heavy atom. The van der Waals surface area contributed by atoms with Crippen LogP contribution in [0.25, 0.3) is 0 Å². The first-order valence-corrected chi connectivity index (χ1v) is 9.27. The minimum atomic E-state index is -0.570. The van der Waals surface area contributed by atoms with Gasteiger partial charge in [-0.2, -0.15) is 0 Å². The van der Waals surface area contributed by atoms with E-state index in [1.165, 1.54) is 25.7 Å². The maximum absolute atomic E-state index is 11.5. The highest BCUT2D eigenvalue weighted by Gasteiger charge is 2.62. The predicted octanol–water partition coefficient (Wildman–Crippen LogP) is 3.70. The number of carbonyl (C=O) groups is 1. The fourth-order valence-electron chi connectivity index (χ4n) is 7.05. The molecule has 0 aromatic heterocycles. The quantitative estimate of drug-likeness (QED) is 0.776. The average Bonchev–Trinajstić information content (AvgIpc) is 2.41. The van der Waals surface area contributed by atoms with E-state index in [9.17, 15) is 15.0 Å². The fraction of sp³-hybridized carbons (Fsp3) is 0.947. The van der Waals surface area contributed by atoms with Gasteiger partial charge in [0.25, 0.3) is 0 Å². The maximum Gasteiger partial charge on any atom is 0.307 e. The number of fused-ring (bicyclic) bond motifs is 5. The molecule has 3 nitrogen and oxygen atoms in total. The fourth-order valence-corrected chi connectivity index (χ4v) is 7.05. The van der Waals surface area contributed by atoms with Crippen LogP contribution in [-0.2, 0) is 4.79 Å². The Balaban J connectivity index is 1.52. The molecule has 0 heterocycles. The lowest BCUT2D eigenvalue weighted by molar-refractivity contribution is -0.189. The predicted molar refractivity (Wildman–Crippen MR) is 84.2 cm³/mol. The second-order valence-electron chi connectivity index (χ2n) is 9.35. The third kappa shape index (κ3) is 2.00. The minimum absolute atomic E-state index is 0.0694. The van der Waals surface area contributed by atoms with Gasteiger partial charge < -0.3 is 10.2 Å². The Hall–Kier alpha value is -0.570. The summed E-state index contributed by atoms with van der Waals surface area (Å²) in [5.41, 5.74) is -0.373. The summed E-state index contributed by atoms with van der Waals surface area (Å²) >= 11 is 0. The Labute approximate surface area is 133 Å². The topological polar surface area (TPSA) is 57.5 Å². The van der Waals surface area contributed by atoms with Crippen LogP contribution in [0.3, 0.4) is 0 Å². The molecule has 124 valence electrons. The van der Waals surface area contributed by atoms with Crippen molar-refractivity contribution in [3.8, 4) is 0 Å². The van der Waals surface area contributed by atoms with E-state index in [2.05, 4.69) is 6.92 Å². The van der Waals surface area contributed by atoms with E-state index in [-0.39, 0.29) is 11.3 Å². The first kappa shape index (κ1) is 15.0. The molecule has 0 bridgehead atoms. The normalized spacial score (nSPS) is 57.0. The van der Waals surface area contributed by atoms with E-state index >= 15 is 0 Å². The number of aliphatic hydroxyl groups is 1. The Bertz CT molecular complexity index is 485. The largest absolute Gasteiger partial charge is 0.481 e. The molecule has 8 atom stereocenters. The number of aliphatic carboxylic acids is 1. The van der Waals surface area contributed by atoms with Crippen LogP contribution in [0.2, 0.25) is 0 Å². The summed E-state index contributed by atoms with van der Waals surface area (Å²) < 4.78 is 0. The highest BCUT2D eigenvalue weighted by molar-refractivity contribution is 5.72. The van der Waals surface area contributed by atoms with Crippen molar-refractivity contribution in [1.82, 2.24) is 0 Å². The molecule has 0 aromatic rings. The van der Waals surface area contributed by atoms with Crippen molar-refractivity contribution in [3.63, 3.8) is 0 Å². The van der Waals surface area contributed by atoms with Gasteiger partial charge in [-0.05, 0) is 93.3 Å². The van der Waals surface area contributed by atoms with Gasteiger partial charge in [-0.3, -0.25) is 4.79 Å². The van der Waals surface area contributed by atoms with Gasteiger partial charge in [-0.25, -0.2) is 0 Å². The molecule has 2 N–H and O–H groups in total. The van der Waals surface area contributed by atoms with Crippen LogP contribution in [-0.4, -0.2) is 21.8 Å². The minimum Gasteiger partial charge on any atom is -0.481 e. The molecule has 0 saturated heterocycles. The zero-order valence-electron chi connectivity index (χ0n) is 13.9. The number of carboxylic acid groups (broad SMARTS) is 1. The van der Waals surface area contributed by atoms with Gasteiger partial charge in [0.15, 0.2) is 0 Å². The van der Waals surface area contributed by atoms with Crippen molar-refractivity contribution in [2.24, 2.45) is 40.9 Å². The van der Waals surface area contributed by atoms with Crippen LogP contribution < -0.4 is 0 Å². The van der Waals surface area contributed by atoms with E-state index in [4.69, 9.17) is 0 Å². The second-order valence-corrected chi connectivity index (χ2v) is 9.35. The van der Waals surface area contributed by atoms with Crippen molar-refractivity contribution < 1.29 is 15.0 Å². The van der Waals surface area contributed by atoms with Gasteiger partial charge in [0, 0.05) is 0 Å². The molecule has 4 fully saturated rings. The van der Waals surface area contributed by atoms with Gasteiger partial charge in [-0.1, -0.05) is 6.92 Å². The molecule has 0 spiro atoms. The van der Waals surface area contributed by atoms with E-state index in [0.717, 1.165) is 43.4 Å². The average molecular weight is 306 g/mol. The molecular weight excluding hydrogens is 276 g/mol. The molecule has 0 aliphatic heterocycles. The van der Waals surface area contributed by atoms with Gasteiger partial charge in [0.05, 0.1) is 11.5 Å². The Morgan fingerprint density at radius 2 is 1.73 bits per heavy atom. The third-order valence-corrected chi connectivity index (χ3v) is 8.26. The van der Waals surface area contributed by atoms with E-state index in [0.29, 0.717) is 11.8 Å². The first-order valence-electron chi connectivity index (χ1n) is 9.27. The molecule has 4 rings (SSSR count). The van der Waals surface area contributed by atoms with Crippen molar-refractivity contribution in [1.29, 1.82) is 0 Å². The maximum atomic E-state index is 11.5. The summed E-state index contributed by atoms with van der Waals surface area (Å²) in [5.74, 6) is 3.07. The van der Waals surface area contributed by atoms with Crippen LogP contribution >= 0.6 is 0 Å². The number of hydrogen-bond acceptors (Lipinski definition) is 2. The number of carboxylic acids is 1. The summed E-state index contributed by atoms with van der Waals surface area (Å²) in [6.07, 6.45) is 8.91. The molecular formula is C19H30O3. The third-order valence-electron chi connectivity index (χ3n) is 8.26. The molecule has 0 radical (unpaired) electrons.